The van der Waals surface area contributed by atoms with Crippen molar-refractivity contribution in [2.75, 3.05) is 10.6 Å². The third-order valence-corrected chi connectivity index (χ3v) is 3.91. The topological polar surface area (TPSA) is 58.2 Å². The maximum atomic E-state index is 12.5. The highest BCUT2D eigenvalue weighted by Gasteiger charge is 2.19. The van der Waals surface area contributed by atoms with E-state index in [-0.39, 0.29) is 11.8 Å². The predicted molar refractivity (Wildman–Crippen MR) is 87.4 cm³/mol. The first kappa shape index (κ1) is 14.3. The molecule has 0 unspecified atom stereocenters. The summed E-state index contributed by atoms with van der Waals surface area (Å²) in [5.74, 6) is -0.185. The molecule has 1 aliphatic heterocycles. The minimum atomic E-state index is -0.155. The highest BCUT2D eigenvalue weighted by atomic mass is 16.2. The molecule has 0 spiro atoms. The molecule has 0 saturated carbocycles. The maximum Gasteiger partial charge on any atom is 0.255 e. The molecule has 2 N–H and O–H groups in total. The highest BCUT2D eigenvalue weighted by Crippen LogP contribution is 2.26. The van der Waals surface area contributed by atoms with Gasteiger partial charge in [-0.3, -0.25) is 9.59 Å². The Kier molecular flexibility index (Phi) is 3.45. The van der Waals surface area contributed by atoms with Crippen LogP contribution in [0.15, 0.2) is 30.3 Å². The highest BCUT2D eigenvalue weighted by molar-refractivity contribution is 6.07. The van der Waals surface area contributed by atoms with Crippen LogP contribution in [0.1, 0.15) is 32.6 Å². The third-order valence-electron chi connectivity index (χ3n) is 3.91. The fraction of sp³-hybridized carbons (Fsp3) is 0.222. The van der Waals surface area contributed by atoms with Gasteiger partial charge in [-0.1, -0.05) is 17.7 Å². The zero-order valence-corrected chi connectivity index (χ0v) is 12.9. The van der Waals surface area contributed by atoms with E-state index in [0.29, 0.717) is 12.0 Å². The van der Waals surface area contributed by atoms with Gasteiger partial charge in [0.05, 0.1) is 6.42 Å². The smallest absolute Gasteiger partial charge is 0.255 e. The van der Waals surface area contributed by atoms with Crippen molar-refractivity contribution in [2.45, 2.75) is 27.2 Å². The number of aryl methyl sites for hydroxylation is 3. The van der Waals surface area contributed by atoms with E-state index < -0.39 is 0 Å². The molecule has 0 saturated heterocycles. The molecule has 3 rings (SSSR count). The van der Waals surface area contributed by atoms with Gasteiger partial charge in [0.25, 0.3) is 5.91 Å². The third kappa shape index (κ3) is 2.60. The van der Waals surface area contributed by atoms with E-state index >= 15 is 0 Å². The van der Waals surface area contributed by atoms with Gasteiger partial charge in [0.15, 0.2) is 0 Å². The molecule has 0 bridgehead atoms. The Labute approximate surface area is 129 Å². The normalized spacial score (nSPS) is 12.8. The zero-order chi connectivity index (χ0) is 15.9. The average molecular weight is 294 g/mol. The van der Waals surface area contributed by atoms with Gasteiger partial charge in [-0.25, -0.2) is 0 Å². The van der Waals surface area contributed by atoms with Crippen molar-refractivity contribution in [1.82, 2.24) is 0 Å². The van der Waals surface area contributed by atoms with E-state index in [2.05, 4.69) is 10.6 Å². The SMILES string of the molecule is Cc1cc(C)c(NC(=O)c2ccc3c(c2)CC(=O)N3)c(C)c1. The van der Waals surface area contributed by atoms with Gasteiger partial charge in [0, 0.05) is 16.9 Å². The first-order chi connectivity index (χ1) is 10.4. The molecule has 0 radical (unpaired) electrons. The van der Waals surface area contributed by atoms with Crippen molar-refractivity contribution >= 4 is 23.2 Å². The molecule has 22 heavy (non-hydrogen) atoms. The lowest BCUT2D eigenvalue weighted by atomic mass is 10.0. The van der Waals surface area contributed by atoms with Gasteiger partial charge in [-0.05, 0) is 55.7 Å². The molecular weight excluding hydrogens is 276 g/mol. The van der Waals surface area contributed by atoms with Crippen molar-refractivity contribution in [3.8, 4) is 0 Å². The Balaban J connectivity index is 1.87. The quantitative estimate of drug-likeness (QED) is 0.892. The van der Waals surface area contributed by atoms with Crippen LogP contribution in [0.4, 0.5) is 11.4 Å². The summed E-state index contributed by atoms with van der Waals surface area (Å²) in [5, 5.41) is 5.75. The minimum Gasteiger partial charge on any atom is -0.326 e. The number of benzene rings is 2. The Morgan fingerprint density at radius 2 is 1.77 bits per heavy atom. The number of hydrogen-bond acceptors (Lipinski definition) is 2. The van der Waals surface area contributed by atoms with Crippen molar-refractivity contribution in [1.29, 1.82) is 0 Å². The monoisotopic (exact) mass is 294 g/mol. The summed E-state index contributed by atoms with van der Waals surface area (Å²) in [7, 11) is 0. The molecule has 2 amide bonds. The van der Waals surface area contributed by atoms with Crippen LogP contribution >= 0.6 is 0 Å². The second-order valence-corrected chi connectivity index (χ2v) is 5.82. The number of nitrogens with one attached hydrogen (secondary N) is 2. The fourth-order valence-electron chi connectivity index (χ4n) is 2.93. The number of carbonyl (C=O) groups is 2. The van der Waals surface area contributed by atoms with Crippen LogP contribution in [0.2, 0.25) is 0 Å². The van der Waals surface area contributed by atoms with Crippen molar-refractivity contribution in [3.63, 3.8) is 0 Å². The van der Waals surface area contributed by atoms with Gasteiger partial charge in [0.2, 0.25) is 5.91 Å². The van der Waals surface area contributed by atoms with Gasteiger partial charge in [-0.15, -0.1) is 0 Å². The van der Waals surface area contributed by atoms with Crippen molar-refractivity contribution in [3.05, 3.63) is 58.1 Å². The van der Waals surface area contributed by atoms with Crippen LogP contribution in [0.5, 0.6) is 0 Å². The molecule has 4 nitrogen and oxygen atoms in total. The lowest BCUT2D eigenvalue weighted by molar-refractivity contribution is -0.115. The molecular formula is C18H18N2O2. The van der Waals surface area contributed by atoms with Gasteiger partial charge in [-0.2, -0.15) is 0 Å². The van der Waals surface area contributed by atoms with Crippen LogP contribution in [-0.2, 0) is 11.2 Å². The molecule has 2 aromatic rings. The number of hydrogen-bond donors (Lipinski definition) is 2. The van der Waals surface area contributed by atoms with Crippen LogP contribution in [-0.4, -0.2) is 11.8 Å². The van der Waals surface area contributed by atoms with E-state index in [1.165, 1.54) is 5.56 Å². The van der Waals surface area contributed by atoms with Crippen LogP contribution in [0.3, 0.4) is 0 Å². The van der Waals surface area contributed by atoms with Crippen LogP contribution < -0.4 is 10.6 Å². The summed E-state index contributed by atoms with van der Waals surface area (Å²) < 4.78 is 0. The standard InChI is InChI=1S/C18H18N2O2/c1-10-6-11(2)17(12(3)7-10)20-18(22)13-4-5-15-14(8-13)9-16(21)19-15/h4-8H,9H2,1-3H3,(H,19,21)(H,20,22). The summed E-state index contributed by atoms with van der Waals surface area (Å²) in [5.41, 5.74) is 6.35. The summed E-state index contributed by atoms with van der Waals surface area (Å²) >= 11 is 0. The fourth-order valence-corrected chi connectivity index (χ4v) is 2.93. The Morgan fingerprint density at radius 3 is 2.45 bits per heavy atom. The zero-order valence-electron chi connectivity index (χ0n) is 12.9. The Morgan fingerprint density at radius 1 is 1.09 bits per heavy atom. The van der Waals surface area contributed by atoms with Gasteiger partial charge in [0.1, 0.15) is 0 Å². The first-order valence-corrected chi connectivity index (χ1v) is 7.26. The lowest BCUT2D eigenvalue weighted by Gasteiger charge is -2.13. The molecule has 4 heteroatoms. The van der Waals surface area contributed by atoms with Crippen molar-refractivity contribution < 1.29 is 9.59 Å². The second kappa shape index (κ2) is 5.30. The van der Waals surface area contributed by atoms with Crippen LogP contribution in [0, 0.1) is 20.8 Å². The van der Waals surface area contributed by atoms with E-state index in [4.69, 9.17) is 0 Å². The molecule has 1 aliphatic rings. The van der Waals surface area contributed by atoms with E-state index in [0.717, 1.165) is 28.1 Å². The summed E-state index contributed by atoms with van der Waals surface area (Å²) in [6.07, 6.45) is 0.332. The Hall–Kier alpha value is -2.62. The molecule has 1 heterocycles. The van der Waals surface area contributed by atoms with Gasteiger partial charge >= 0.3 is 0 Å². The number of amides is 2. The maximum absolute atomic E-state index is 12.5. The van der Waals surface area contributed by atoms with E-state index in [1.54, 1.807) is 18.2 Å². The number of carbonyl (C=O) groups excluding carboxylic acids is 2. The Bertz CT molecular complexity index is 771. The molecule has 0 atom stereocenters. The molecule has 112 valence electrons. The average Bonchev–Trinajstić information content (AvgIpc) is 2.81. The number of fused-ring (bicyclic) bond motifs is 1. The van der Waals surface area contributed by atoms with Crippen molar-refractivity contribution in [2.24, 2.45) is 0 Å². The minimum absolute atomic E-state index is 0.0298. The second-order valence-electron chi connectivity index (χ2n) is 5.82. The summed E-state index contributed by atoms with van der Waals surface area (Å²) in [4.78, 5) is 23.9. The molecule has 2 aromatic carbocycles. The molecule has 0 aliphatic carbocycles. The van der Waals surface area contributed by atoms with E-state index in [1.807, 2.05) is 32.9 Å². The molecule has 0 aromatic heterocycles. The number of rotatable bonds is 2. The molecule has 0 fully saturated rings. The predicted octanol–water partition coefficient (Wildman–Crippen LogP) is 3.36. The van der Waals surface area contributed by atoms with E-state index in [9.17, 15) is 9.59 Å². The van der Waals surface area contributed by atoms with Crippen LogP contribution in [0.25, 0.3) is 0 Å². The summed E-state index contributed by atoms with van der Waals surface area (Å²) in [6, 6.07) is 9.39. The summed E-state index contributed by atoms with van der Waals surface area (Å²) in [6.45, 7) is 6.01. The van der Waals surface area contributed by atoms with Gasteiger partial charge < -0.3 is 10.6 Å². The number of anilines is 2. The lowest BCUT2D eigenvalue weighted by Crippen LogP contribution is -2.14. The first-order valence-electron chi connectivity index (χ1n) is 7.26. The largest absolute Gasteiger partial charge is 0.326 e.